The molecule has 0 spiro atoms. The average molecular weight is 402 g/mol. The van der Waals surface area contributed by atoms with E-state index in [4.69, 9.17) is 14.1 Å². The summed E-state index contributed by atoms with van der Waals surface area (Å²) in [6.07, 6.45) is 3.33. The van der Waals surface area contributed by atoms with Gasteiger partial charge in [0.25, 0.3) is 0 Å². The third-order valence-corrected chi connectivity index (χ3v) is 5.23. The van der Waals surface area contributed by atoms with Crippen LogP contribution in [0.5, 0.6) is 5.88 Å². The number of rotatable bonds is 9. The molecular weight excluding hydrogens is 374 g/mol. The molecule has 7 nitrogen and oxygen atoms in total. The highest BCUT2D eigenvalue weighted by Crippen LogP contribution is 2.22. The molecule has 0 radical (unpaired) electrons. The van der Waals surface area contributed by atoms with Crippen molar-refractivity contribution in [2.75, 3.05) is 13.7 Å². The number of ether oxygens (including phenoxy) is 1. The van der Waals surface area contributed by atoms with Gasteiger partial charge in [0.2, 0.25) is 5.88 Å². The molecule has 3 rings (SSSR count). The Bertz CT molecular complexity index is 869. The average Bonchev–Trinajstić information content (AvgIpc) is 3.45. The summed E-state index contributed by atoms with van der Waals surface area (Å²) in [4.78, 5) is 6.04. The fourth-order valence-electron chi connectivity index (χ4n) is 2.98. The van der Waals surface area contributed by atoms with E-state index in [9.17, 15) is 0 Å². The molecule has 0 aliphatic rings. The minimum absolute atomic E-state index is 0.501. The Labute approximate surface area is 169 Å². The number of aliphatic imine (C=N–C) groups is 1. The number of hydrogen-bond donors (Lipinski definition) is 2. The van der Waals surface area contributed by atoms with Gasteiger partial charge in [-0.3, -0.25) is 0 Å². The van der Waals surface area contributed by atoms with Crippen LogP contribution in [0.3, 0.4) is 0 Å². The molecular formula is C20H27N5O2S. The largest absolute Gasteiger partial charge is 0.481 e. The Kier molecular flexibility index (Phi) is 7.13. The van der Waals surface area contributed by atoms with E-state index in [-0.39, 0.29) is 0 Å². The molecule has 3 heterocycles. The van der Waals surface area contributed by atoms with E-state index < -0.39 is 0 Å². The first-order valence-electron chi connectivity index (χ1n) is 9.37. The molecule has 0 amide bonds. The number of methoxy groups -OCH3 is 1. The Morgan fingerprint density at radius 3 is 2.89 bits per heavy atom. The molecule has 3 aromatic rings. The zero-order chi connectivity index (χ0) is 19.8. The third-order valence-electron chi connectivity index (χ3n) is 4.35. The molecule has 8 heteroatoms. The summed E-state index contributed by atoms with van der Waals surface area (Å²) in [5.74, 6) is 2.47. The van der Waals surface area contributed by atoms with Crippen molar-refractivity contribution in [2.24, 2.45) is 12.0 Å². The van der Waals surface area contributed by atoms with Gasteiger partial charge in [-0.15, -0.1) is 11.3 Å². The number of aromatic nitrogens is 2. The minimum atomic E-state index is 0.501. The fraction of sp³-hybridized carbons (Fsp3) is 0.400. The van der Waals surface area contributed by atoms with Gasteiger partial charge in [-0.2, -0.15) is 5.10 Å². The third kappa shape index (κ3) is 5.16. The Balaban J connectivity index is 1.69. The molecule has 0 fully saturated rings. The summed E-state index contributed by atoms with van der Waals surface area (Å²) < 4.78 is 12.7. The molecule has 0 bridgehead atoms. The van der Waals surface area contributed by atoms with E-state index in [0.717, 1.165) is 54.8 Å². The number of hydrogen-bond acceptors (Lipinski definition) is 5. The smallest absolute Gasteiger partial charge is 0.216 e. The lowest BCUT2D eigenvalue weighted by Crippen LogP contribution is -2.38. The summed E-state index contributed by atoms with van der Waals surface area (Å²) in [7, 11) is 3.56. The van der Waals surface area contributed by atoms with Gasteiger partial charge in [-0.25, -0.2) is 9.67 Å². The Morgan fingerprint density at radius 1 is 1.32 bits per heavy atom. The van der Waals surface area contributed by atoms with Gasteiger partial charge in [0, 0.05) is 24.9 Å². The maximum atomic E-state index is 5.52. The lowest BCUT2D eigenvalue weighted by molar-refractivity contribution is 0.369. The number of aryl methyl sites for hydroxylation is 2. The molecule has 0 saturated heterocycles. The molecule has 0 unspecified atom stereocenters. The van der Waals surface area contributed by atoms with E-state index in [1.165, 1.54) is 4.88 Å². The van der Waals surface area contributed by atoms with Gasteiger partial charge in [-0.05, 0) is 30.0 Å². The van der Waals surface area contributed by atoms with E-state index in [0.29, 0.717) is 6.54 Å². The Hall–Kier alpha value is -2.74. The summed E-state index contributed by atoms with van der Waals surface area (Å²) in [5, 5.41) is 13.4. The van der Waals surface area contributed by atoms with Crippen molar-refractivity contribution in [3.8, 4) is 5.88 Å². The van der Waals surface area contributed by atoms with Crippen LogP contribution < -0.4 is 15.4 Å². The second-order valence-corrected chi connectivity index (χ2v) is 7.30. The molecule has 28 heavy (non-hydrogen) atoms. The van der Waals surface area contributed by atoms with Crippen LogP contribution in [0, 0.1) is 0 Å². The van der Waals surface area contributed by atoms with Crippen molar-refractivity contribution >= 4 is 17.3 Å². The van der Waals surface area contributed by atoms with Crippen LogP contribution in [0.25, 0.3) is 0 Å². The van der Waals surface area contributed by atoms with Crippen LogP contribution in [0.4, 0.5) is 0 Å². The molecule has 0 atom stereocenters. The van der Waals surface area contributed by atoms with Crippen LogP contribution in [0.2, 0.25) is 0 Å². The predicted molar refractivity (Wildman–Crippen MR) is 112 cm³/mol. The van der Waals surface area contributed by atoms with Crippen molar-refractivity contribution in [1.29, 1.82) is 0 Å². The molecule has 0 saturated carbocycles. The highest BCUT2D eigenvalue weighted by Gasteiger charge is 2.15. The van der Waals surface area contributed by atoms with Crippen LogP contribution in [-0.2, 0) is 33.0 Å². The lowest BCUT2D eigenvalue weighted by atomic mass is 10.2. The van der Waals surface area contributed by atoms with Crippen molar-refractivity contribution in [3.05, 3.63) is 57.8 Å². The number of nitrogens with zero attached hydrogens (tertiary/aromatic N) is 3. The number of thiophene rings is 1. The summed E-state index contributed by atoms with van der Waals surface area (Å²) >= 11 is 1.72. The van der Waals surface area contributed by atoms with Crippen LogP contribution >= 0.6 is 11.3 Å². The number of guanidine groups is 1. The lowest BCUT2D eigenvalue weighted by Gasteiger charge is -2.12. The molecule has 0 aliphatic heterocycles. The predicted octanol–water partition coefficient (Wildman–Crippen LogP) is 3.12. The van der Waals surface area contributed by atoms with Gasteiger partial charge >= 0.3 is 0 Å². The normalized spacial score (nSPS) is 11.6. The van der Waals surface area contributed by atoms with Crippen LogP contribution in [0.15, 0.2) is 45.3 Å². The maximum Gasteiger partial charge on any atom is 0.216 e. The summed E-state index contributed by atoms with van der Waals surface area (Å²) in [5.41, 5.74) is 2.03. The van der Waals surface area contributed by atoms with Crippen LogP contribution in [-0.4, -0.2) is 29.4 Å². The first-order valence-corrected chi connectivity index (χ1v) is 10.2. The monoisotopic (exact) mass is 401 g/mol. The van der Waals surface area contributed by atoms with Crippen molar-refractivity contribution < 1.29 is 9.15 Å². The van der Waals surface area contributed by atoms with Gasteiger partial charge in [0.05, 0.1) is 37.7 Å². The SMILES string of the molecule is CCc1nn(C)c(OC)c1CN=C(NCCc1ccco1)NCc1cccs1. The zero-order valence-electron chi connectivity index (χ0n) is 16.6. The van der Waals surface area contributed by atoms with E-state index in [1.807, 2.05) is 19.2 Å². The first kappa shape index (κ1) is 20.0. The van der Waals surface area contributed by atoms with Gasteiger partial charge in [-0.1, -0.05) is 13.0 Å². The van der Waals surface area contributed by atoms with E-state index >= 15 is 0 Å². The van der Waals surface area contributed by atoms with Gasteiger partial charge < -0.3 is 19.8 Å². The second-order valence-electron chi connectivity index (χ2n) is 6.27. The fourth-order valence-corrected chi connectivity index (χ4v) is 3.62. The summed E-state index contributed by atoms with van der Waals surface area (Å²) in [6, 6.07) is 8.04. The van der Waals surface area contributed by atoms with Gasteiger partial charge in [0.15, 0.2) is 5.96 Å². The van der Waals surface area contributed by atoms with E-state index in [2.05, 4.69) is 40.2 Å². The van der Waals surface area contributed by atoms with Crippen molar-refractivity contribution in [2.45, 2.75) is 32.9 Å². The quantitative estimate of drug-likeness (QED) is 0.426. The minimum Gasteiger partial charge on any atom is -0.481 e. The number of furan rings is 1. The standard InChI is InChI=1S/C20H27N5O2S/c1-4-18-17(19(26-3)25(2)24-18)14-23-20(22-13-16-8-6-12-28-16)21-10-9-15-7-5-11-27-15/h5-8,11-12H,4,9-10,13-14H2,1-3H3,(H2,21,22,23). The van der Waals surface area contributed by atoms with Gasteiger partial charge in [0.1, 0.15) is 5.76 Å². The number of nitrogens with one attached hydrogen (secondary N) is 2. The van der Waals surface area contributed by atoms with Crippen LogP contribution in [0.1, 0.15) is 28.8 Å². The molecule has 0 aromatic carbocycles. The summed E-state index contributed by atoms with van der Waals surface area (Å²) in [6.45, 7) is 4.05. The molecule has 3 aromatic heterocycles. The second kappa shape index (κ2) is 9.98. The zero-order valence-corrected chi connectivity index (χ0v) is 17.4. The topological polar surface area (TPSA) is 76.6 Å². The Morgan fingerprint density at radius 2 is 2.21 bits per heavy atom. The van der Waals surface area contributed by atoms with E-state index in [1.54, 1.807) is 29.4 Å². The molecule has 150 valence electrons. The highest BCUT2D eigenvalue weighted by atomic mass is 32.1. The maximum absolute atomic E-state index is 5.52. The van der Waals surface area contributed by atoms with Crippen molar-refractivity contribution in [1.82, 2.24) is 20.4 Å². The molecule has 2 N–H and O–H groups in total. The highest BCUT2D eigenvalue weighted by molar-refractivity contribution is 7.09. The molecule has 0 aliphatic carbocycles. The van der Waals surface area contributed by atoms with Crippen molar-refractivity contribution in [3.63, 3.8) is 0 Å². The first-order chi connectivity index (χ1) is 13.7.